The number of rotatable bonds is 5. The van der Waals surface area contributed by atoms with E-state index in [-0.39, 0.29) is 6.61 Å². The van der Waals surface area contributed by atoms with E-state index < -0.39 is 8.25 Å². The molecule has 0 aromatic rings. The van der Waals surface area contributed by atoms with Gasteiger partial charge in [0, 0.05) is 22.9 Å². The van der Waals surface area contributed by atoms with Crippen LogP contribution in [0, 0.1) is 5.92 Å². The third kappa shape index (κ3) is 19.1. The highest BCUT2D eigenvalue weighted by molar-refractivity contribution is 7.30. The summed E-state index contributed by atoms with van der Waals surface area (Å²) in [6.45, 7) is 0.217. The first-order valence-electron chi connectivity index (χ1n) is 3.66. The molecule has 80 valence electrons. The topological polar surface area (TPSA) is 77.8 Å². The largest absolute Gasteiger partial charge is 0.692 e. The van der Waals surface area contributed by atoms with E-state index in [2.05, 4.69) is 0 Å². The predicted octanol–water partition coefficient (Wildman–Crippen LogP) is 1.48. The summed E-state index contributed by atoms with van der Waals surface area (Å²) in [5, 5.41) is 8.49. The average molecular weight is 252 g/mol. The molecule has 0 aromatic heterocycles. The van der Waals surface area contributed by atoms with E-state index >= 15 is 0 Å². The molecule has 0 bridgehead atoms. The fraction of sp³-hybridized carbons (Fsp3) is 1.00. The van der Waals surface area contributed by atoms with Crippen molar-refractivity contribution in [1.29, 1.82) is 0 Å². The second kappa shape index (κ2) is 12.6. The van der Waals surface area contributed by atoms with Crippen LogP contribution in [0.3, 0.4) is 0 Å². The van der Waals surface area contributed by atoms with Gasteiger partial charge in [-0.05, 0) is 18.8 Å². The van der Waals surface area contributed by atoms with Crippen LogP contribution < -0.4 is 0 Å². The van der Waals surface area contributed by atoms with Crippen molar-refractivity contribution in [2.75, 3.05) is 18.4 Å². The van der Waals surface area contributed by atoms with Crippen molar-refractivity contribution in [3.8, 4) is 0 Å². The molecule has 0 aliphatic carbocycles. The molecule has 0 radical (unpaired) electrons. The molecule has 0 amide bonds. The molecule has 0 fully saturated rings. The quantitative estimate of drug-likeness (QED) is 0.511. The SMILES string of the molecule is O=[P+](O)O.OCCC(CCl)CCCl. The van der Waals surface area contributed by atoms with E-state index in [0.29, 0.717) is 17.7 Å². The van der Waals surface area contributed by atoms with Crippen molar-refractivity contribution in [2.45, 2.75) is 12.8 Å². The van der Waals surface area contributed by atoms with Gasteiger partial charge >= 0.3 is 8.25 Å². The van der Waals surface area contributed by atoms with Gasteiger partial charge in [-0.2, -0.15) is 0 Å². The fourth-order valence-corrected chi connectivity index (χ4v) is 1.25. The van der Waals surface area contributed by atoms with Gasteiger partial charge in [-0.1, -0.05) is 0 Å². The monoisotopic (exact) mass is 251 g/mol. The number of halogens is 2. The minimum absolute atomic E-state index is 0.217. The highest BCUT2D eigenvalue weighted by Crippen LogP contribution is 2.10. The van der Waals surface area contributed by atoms with Gasteiger partial charge in [0.1, 0.15) is 0 Å². The first-order valence-corrected chi connectivity index (χ1v) is 5.89. The first-order chi connectivity index (χ1) is 6.08. The molecule has 7 heteroatoms. The zero-order valence-corrected chi connectivity index (χ0v) is 9.47. The summed E-state index contributed by atoms with van der Waals surface area (Å²) in [5.41, 5.74) is 0. The Balaban J connectivity index is 0. The fourth-order valence-electron chi connectivity index (χ4n) is 0.636. The lowest BCUT2D eigenvalue weighted by atomic mass is 10.1. The van der Waals surface area contributed by atoms with Crippen LogP contribution in [0.1, 0.15) is 12.8 Å². The number of alkyl halides is 2. The van der Waals surface area contributed by atoms with E-state index in [0.717, 1.165) is 12.8 Å². The van der Waals surface area contributed by atoms with Gasteiger partial charge in [0.05, 0.1) is 0 Å². The van der Waals surface area contributed by atoms with Crippen LogP contribution in [-0.4, -0.2) is 33.3 Å². The summed E-state index contributed by atoms with van der Waals surface area (Å²) >= 11 is 11.0. The van der Waals surface area contributed by atoms with Crippen molar-refractivity contribution < 1.29 is 19.5 Å². The van der Waals surface area contributed by atoms with Crippen LogP contribution >= 0.6 is 31.5 Å². The number of aliphatic hydroxyl groups is 1. The third-order valence-corrected chi connectivity index (χ3v) is 1.93. The molecule has 0 spiro atoms. The smallest absolute Gasteiger partial charge is 0.396 e. The Labute approximate surface area is 88.4 Å². The van der Waals surface area contributed by atoms with Gasteiger partial charge in [-0.15, -0.1) is 33.0 Å². The summed E-state index contributed by atoms with van der Waals surface area (Å²) < 4.78 is 8.70. The Morgan fingerprint density at radius 3 is 1.92 bits per heavy atom. The van der Waals surface area contributed by atoms with Crippen molar-refractivity contribution in [3.05, 3.63) is 0 Å². The van der Waals surface area contributed by atoms with Crippen LogP contribution in [0.5, 0.6) is 0 Å². The zero-order chi connectivity index (χ0) is 10.7. The molecular weight excluding hydrogens is 238 g/mol. The number of hydrogen-bond donors (Lipinski definition) is 3. The summed E-state index contributed by atoms with van der Waals surface area (Å²) in [5.74, 6) is 1.64. The van der Waals surface area contributed by atoms with Gasteiger partial charge in [-0.3, -0.25) is 0 Å². The Morgan fingerprint density at radius 2 is 1.69 bits per heavy atom. The second-order valence-electron chi connectivity index (χ2n) is 2.26. The van der Waals surface area contributed by atoms with E-state index in [1.807, 2.05) is 0 Å². The molecule has 13 heavy (non-hydrogen) atoms. The van der Waals surface area contributed by atoms with Crippen LogP contribution in [0.15, 0.2) is 0 Å². The van der Waals surface area contributed by atoms with E-state index in [4.69, 9.17) is 42.7 Å². The van der Waals surface area contributed by atoms with Gasteiger partial charge < -0.3 is 5.11 Å². The van der Waals surface area contributed by atoms with Crippen molar-refractivity contribution in [1.82, 2.24) is 0 Å². The van der Waals surface area contributed by atoms with Gasteiger partial charge in [0.25, 0.3) is 0 Å². The lowest BCUT2D eigenvalue weighted by Gasteiger charge is -2.08. The Bertz CT molecular complexity index is 115. The van der Waals surface area contributed by atoms with Gasteiger partial charge in [-0.25, -0.2) is 0 Å². The van der Waals surface area contributed by atoms with Gasteiger partial charge in [0.15, 0.2) is 0 Å². The summed E-state index contributed by atoms with van der Waals surface area (Å²) in [4.78, 5) is 14.2. The minimum atomic E-state index is -2.87. The van der Waals surface area contributed by atoms with Crippen LogP contribution in [0.4, 0.5) is 0 Å². The van der Waals surface area contributed by atoms with Crippen molar-refractivity contribution in [2.24, 2.45) is 5.92 Å². The zero-order valence-electron chi connectivity index (χ0n) is 7.07. The lowest BCUT2D eigenvalue weighted by molar-refractivity contribution is 0.262. The summed E-state index contributed by atoms with van der Waals surface area (Å²) in [6.07, 6.45) is 1.68. The molecule has 0 heterocycles. The minimum Gasteiger partial charge on any atom is -0.396 e. The molecule has 0 aliphatic heterocycles. The first kappa shape index (κ1) is 16.0. The van der Waals surface area contributed by atoms with E-state index in [1.165, 1.54) is 0 Å². The van der Waals surface area contributed by atoms with E-state index in [9.17, 15) is 0 Å². The lowest BCUT2D eigenvalue weighted by Crippen LogP contribution is -2.05. The Morgan fingerprint density at radius 1 is 1.23 bits per heavy atom. The maximum absolute atomic E-state index is 8.70. The normalized spacial score (nSPS) is 11.5. The van der Waals surface area contributed by atoms with Crippen molar-refractivity contribution in [3.63, 3.8) is 0 Å². The van der Waals surface area contributed by atoms with Gasteiger partial charge in [0.2, 0.25) is 0 Å². The molecule has 0 aliphatic rings. The highest BCUT2D eigenvalue weighted by atomic mass is 35.5. The Hall–Kier alpha value is 0.560. The van der Waals surface area contributed by atoms with E-state index in [1.54, 1.807) is 0 Å². The van der Waals surface area contributed by atoms with Crippen LogP contribution in [0.2, 0.25) is 0 Å². The summed E-state index contributed by atoms with van der Waals surface area (Å²) in [7, 11) is -2.87. The molecule has 4 nitrogen and oxygen atoms in total. The number of hydrogen-bond acceptors (Lipinski definition) is 2. The predicted molar refractivity (Wildman–Crippen MR) is 53.3 cm³/mol. The average Bonchev–Trinajstić information content (AvgIpc) is 2.03. The molecule has 1 atom stereocenters. The standard InChI is InChI=1S/C6H12Cl2O.HO3P/c7-3-1-6(5-8)2-4-9;1-4(2)3/h6,9H,1-5H2;(H-,1,2,3)/p+1. The molecule has 3 N–H and O–H groups in total. The van der Waals surface area contributed by atoms with Crippen LogP contribution in [0.25, 0.3) is 0 Å². The molecular formula is C6H14Cl2O4P+. The molecule has 0 saturated heterocycles. The van der Waals surface area contributed by atoms with Crippen LogP contribution in [-0.2, 0) is 4.57 Å². The summed E-state index contributed by atoms with van der Waals surface area (Å²) in [6, 6.07) is 0. The Kier molecular flexibility index (Phi) is 15.5. The van der Waals surface area contributed by atoms with Crippen molar-refractivity contribution >= 4 is 31.5 Å². The molecule has 1 unspecified atom stereocenters. The molecule has 0 saturated carbocycles. The molecule has 0 aromatic carbocycles. The second-order valence-corrected chi connectivity index (χ2v) is 3.46. The molecule has 0 rings (SSSR count). The maximum atomic E-state index is 8.70. The highest BCUT2D eigenvalue weighted by Gasteiger charge is 2.04. The maximum Gasteiger partial charge on any atom is 0.692 e. The third-order valence-electron chi connectivity index (χ3n) is 1.27. The number of aliphatic hydroxyl groups excluding tert-OH is 1.